The Morgan fingerprint density at radius 2 is 1.80 bits per heavy atom. The predicted molar refractivity (Wildman–Crippen MR) is 101 cm³/mol. The highest BCUT2D eigenvalue weighted by Gasteiger charge is 2.48. The van der Waals surface area contributed by atoms with Gasteiger partial charge in [0.05, 0.1) is 28.5 Å². The fraction of sp³-hybridized carbons (Fsp3) is 0.444. The largest absolute Gasteiger partial charge is 0.456 e. The number of carbonyl (C=O) groups excluding carboxylic acids is 3. The highest BCUT2D eigenvalue weighted by molar-refractivity contribution is 6.42. The van der Waals surface area contributed by atoms with Crippen molar-refractivity contribution >= 4 is 52.1 Å². The first-order chi connectivity index (χ1) is 15.7. The second-order valence-corrected chi connectivity index (χ2v) is 6.95. The number of esters is 3. The zero-order valence-corrected chi connectivity index (χ0v) is 16.7. The van der Waals surface area contributed by atoms with Crippen LogP contribution in [0, 0.1) is 5.82 Å². The van der Waals surface area contributed by atoms with Crippen LogP contribution in [0.5, 0.6) is 0 Å². The molecule has 2 aromatic rings. The van der Waals surface area contributed by atoms with E-state index in [1.54, 1.807) is 0 Å². The molecule has 0 bridgehead atoms. The number of imidazole rings is 1. The Balaban J connectivity index is 2.08. The highest BCUT2D eigenvalue weighted by atomic mass is 35.5. The third kappa shape index (κ3) is 4.35. The molecule has 4 atom stereocenters. The van der Waals surface area contributed by atoms with Gasteiger partial charge in [-0.3, -0.25) is 19.0 Å². The van der Waals surface area contributed by atoms with Crippen LogP contribution in [0.4, 0.5) is 4.39 Å². The van der Waals surface area contributed by atoms with E-state index in [-0.39, 0.29) is 27.7 Å². The quantitative estimate of drug-likeness (QED) is 0.385. The van der Waals surface area contributed by atoms with Crippen LogP contribution in [0.3, 0.4) is 0 Å². The SMILES string of the molecule is [2H]CC(=O)O[C@@H]1[C@H](OC(=O)C[2H])COC(n2cnc3c(F)c(Cl)c(Cl)cc32)[C@@H]1OC(=O)C[2H]. The lowest BCUT2D eigenvalue weighted by atomic mass is 10.0. The number of ether oxygens (including phenoxy) is 4. The van der Waals surface area contributed by atoms with Gasteiger partial charge in [-0.2, -0.15) is 0 Å². The molecule has 1 aliphatic rings. The smallest absolute Gasteiger partial charge is 0.303 e. The van der Waals surface area contributed by atoms with Crippen LogP contribution in [-0.4, -0.2) is 52.4 Å². The van der Waals surface area contributed by atoms with E-state index in [0.717, 1.165) is 6.33 Å². The number of fused-ring (bicyclic) bond motifs is 1. The summed E-state index contributed by atoms with van der Waals surface area (Å²) in [6, 6.07) is 1.30. The van der Waals surface area contributed by atoms with Crippen LogP contribution >= 0.6 is 23.2 Å². The minimum absolute atomic E-state index is 0.103. The zero-order chi connectivity index (χ0) is 24.3. The summed E-state index contributed by atoms with van der Waals surface area (Å²) in [4.78, 5) is 39.5. The van der Waals surface area contributed by atoms with Crippen molar-refractivity contribution in [2.45, 2.75) is 45.2 Å². The molecule has 1 aliphatic heterocycles. The Kier molecular flexibility index (Phi) is 5.35. The lowest BCUT2D eigenvalue weighted by molar-refractivity contribution is -0.239. The van der Waals surface area contributed by atoms with Crippen molar-refractivity contribution < 1.29 is 41.8 Å². The molecule has 1 saturated heterocycles. The third-order valence-electron chi connectivity index (χ3n) is 4.20. The van der Waals surface area contributed by atoms with Crippen molar-refractivity contribution in [1.29, 1.82) is 0 Å². The molecule has 1 aromatic heterocycles. The summed E-state index contributed by atoms with van der Waals surface area (Å²) >= 11 is 11.8. The van der Waals surface area contributed by atoms with E-state index in [1.807, 2.05) is 0 Å². The van der Waals surface area contributed by atoms with Gasteiger partial charge in [0.1, 0.15) is 5.52 Å². The van der Waals surface area contributed by atoms with Crippen LogP contribution in [0.15, 0.2) is 12.4 Å². The summed E-state index contributed by atoms with van der Waals surface area (Å²) in [5.41, 5.74) is -0.0629. The average Bonchev–Trinajstić information content (AvgIpc) is 3.22. The summed E-state index contributed by atoms with van der Waals surface area (Å²) in [7, 11) is 0. The van der Waals surface area contributed by atoms with Crippen molar-refractivity contribution in [3.05, 3.63) is 28.3 Å². The molecule has 0 spiro atoms. The molecule has 9 nitrogen and oxygen atoms in total. The molecule has 30 heavy (non-hydrogen) atoms. The molecule has 0 saturated carbocycles. The first kappa shape index (κ1) is 18.3. The molecule has 1 fully saturated rings. The third-order valence-corrected chi connectivity index (χ3v) is 4.96. The molecule has 12 heteroatoms. The topological polar surface area (TPSA) is 106 Å². The van der Waals surface area contributed by atoms with Gasteiger partial charge >= 0.3 is 17.9 Å². The number of carbonyl (C=O) groups is 3. The fourth-order valence-corrected chi connectivity index (χ4v) is 3.45. The van der Waals surface area contributed by atoms with Crippen LogP contribution in [0.25, 0.3) is 11.0 Å². The fourth-order valence-electron chi connectivity index (χ4n) is 3.11. The molecule has 162 valence electrons. The van der Waals surface area contributed by atoms with E-state index in [4.69, 9.17) is 46.3 Å². The molecule has 2 heterocycles. The first-order valence-corrected chi connectivity index (χ1v) is 9.05. The van der Waals surface area contributed by atoms with E-state index < -0.39 is 69.0 Å². The van der Waals surface area contributed by atoms with E-state index >= 15 is 0 Å². The maximum absolute atomic E-state index is 14.5. The Labute approximate surface area is 184 Å². The second kappa shape index (κ2) is 8.75. The summed E-state index contributed by atoms with van der Waals surface area (Å²) in [6.45, 7) is -2.68. The molecule has 1 unspecified atom stereocenters. The standard InChI is InChI=1S/C18H17Cl2FN2O7/c1-7(24)28-12-5-27-18(17(30-9(3)26)16(12)29-8(2)25)23-6-22-15-11(23)4-10(19)13(20)14(15)21/h4,6,12,16-18H,5H2,1-3H3/t12-,16-,17-,18?/m1/s1/i1D,2D,3D. The Morgan fingerprint density at radius 3 is 2.47 bits per heavy atom. The Bertz CT molecular complexity index is 1070. The van der Waals surface area contributed by atoms with E-state index in [0.29, 0.717) is 0 Å². The van der Waals surface area contributed by atoms with Crippen LogP contribution < -0.4 is 0 Å². The number of hydrogen-bond acceptors (Lipinski definition) is 8. The van der Waals surface area contributed by atoms with E-state index in [1.165, 1.54) is 10.6 Å². The molecule has 3 rings (SSSR count). The zero-order valence-electron chi connectivity index (χ0n) is 18.2. The summed E-state index contributed by atoms with van der Waals surface area (Å²) in [5, 5.41) is -0.473. The number of halogens is 3. The van der Waals surface area contributed by atoms with Gasteiger partial charge in [-0.25, -0.2) is 9.37 Å². The first-order valence-electron chi connectivity index (χ1n) is 10.4. The van der Waals surface area contributed by atoms with Gasteiger partial charge in [-0.1, -0.05) is 23.2 Å². The Hall–Kier alpha value is -2.43. The molecular formula is C18H17Cl2FN2O7. The molecule has 1 aromatic carbocycles. The van der Waals surface area contributed by atoms with Crippen molar-refractivity contribution in [2.24, 2.45) is 0 Å². The second-order valence-electron chi connectivity index (χ2n) is 6.17. The molecule has 0 radical (unpaired) electrons. The minimum atomic E-state index is -1.49. The lowest BCUT2D eigenvalue weighted by Gasteiger charge is -2.40. The normalized spacial score (nSPS) is 25.1. The Morgan fingerprint density at radius 1 is 1.17 bits per heavy atom. The number of nitrogens with zero attached hydrogens (tertiary/aromatic N) is 2. The van der Waals surface area contributed by atoms with Gasteiger partial charge in [0.15, 0.2) is 30.4 Å². The summed E-state index contributed by atoms with van der Waals surface area (Å²) in [6.07, 6.45) is -4.37. The van der Waals surface area contributed by atoms with Gasteiger partial charge in [0.25, 0.3) is 0 Å². The predicted octanol–water partition coefficient (Wildman–Crippen LogP) is 2.81. The van der Waals surface area contributed by atoms with Crippen molar-refractivity contribution in [1.82, 2.24) is 9.55 Å². The molecule has 0 aliphatic carbocycles. The van der Waals surface area contributed by atoms with Gasteiger partial charge < -0.3 is 18.9 Å². The van der Waals surface area contributed by atoms with Crippen LogP contribution in [-0.2, 0) is 33.3 Å². The summed E-state index contributed by atoms with van der Waals surface area (Å²) in [5.74, 6) is -3.90. The van der Waals surface area contributed by atoms with Crippen LogP contribution in [0.1, 0.15) is 31.0 Å². The van der Waals surface area contributed by atoms with E-state index in [9.17, 15) is 18.8 Å². The van der Waals surface area contributed by atoms with E-state index in [2.05, 4.69) is 4.98 Å². The molecule has 0 amide bonds. The highest BCUT2D eigenvalue weighted by Crippen LogP contribution is 2.36. The number of rotatable bonds is 4. The number of benzene rings is 1. The van der Waals surface area contributed by atoms with Crippen molar-refractivity contribution in [2.75, 3.05) is 6.61 Å². The van der Waals surface area contributed by atoms with Gasteiger partial charge in [-0.15, -0.1) is 0 Å². The van der Waals surface area contributed by atoms with Crippen LogP contribution in [0.2, 0.25) is 10.0 Å². The van der Waals surface area contributed by atoms with Gasteiger partial charge in [-0.05, 0) is 6.07 Å². The van der Waals surface area contributed by atoms with Gasteiger partial charge in [0, 0.05) is 24.8 Å². The maximum atomic E-state index is 14.5. The minimum Gasteiger partial charge on any atom is -0.456 e. The maximum Gasteiger partial charge on any atom is 0.303 e. The number of aromatic nitrogens is 2. The monoisotopic (exact) mass is 465 g/mol. The number of hydrogen-bond donors (Lipinski definition) is 0. The molecule has 0 N–H and O–H groups in total. The summed E-state index contributed by atoms with van der Waals surface area (Å²) < 4.78 is 58.7. The lowest BCUT2D eigenvalue weighted by Crippen LogP contribution is -2.55. The van der Waals surface area contributed by atoms with Crippen molar-refractivity contribution in [3.63, 3.8) is 0 Å². The van der Waals surface area contributed by atoms with Gasteiger partial charge in [0.2, 0.25) is 0 Å². The average molecular weight is 466 g/mol. The molecular weight excluding hydrogens is 446 g/mol. The van der Waals surface area contributed by atoms with Crippen molar-refractivity contribution in [3.8, 4) is 0 Å².